The molecule has 1 aliphatic rings. The second-order valence-electron chi connectivity index (χ2n) is 4.58. The highest BCUT2D eigenvalue weighted by atomic mass is 32.1. The van der Waals surface area contributed by atoms with Gasteiger partial charge in [0.15, 0.2) is 5.01 Å². The van der Waals surface area contributed by atoms with Crippen molar-refractivity contribution in [3.8, 4) is 9.88 Å². The van der Waals surface area contributed by atoms with Crippen LogP contribution in [0.15, 0.2) is 12.1 Å². The van der Waals surface area contributed by atoms with Crippen LogP contribution in [0.4, 0.5) is 10.1 Å². The van der Waals surface area contributed by atoms with E-state index in [1.165, 1.54) is 17.4 Å². The lowest BCUT2D eigenvalue weighted by Gasteiger charge is -2.31. The van der Waals surface area contributed by atoms with Gasteiger partial charge in [0.1, 0.15) is 0 Å². The standard InChI is InChI=1S/C11H13N5O2S2/c1-14-4-6-15(7-5-14)11-13-12-10(20-11)8-2-3-9(19-8)16(17)18/h2-3H,4-7H2,1H3. The molecule has 2 aromatic heterocycles. The zero-order valence-corrected chi connectivity index (χ0v) is 12.5. The quantitative estimate of drug-likeness (QED) is 0.637. The minimum atomic E-state index is -0.378. The number of likely N-dealkylation sites (N-methyl/N-ethyl adjacent to an activating group) is 1. The molecule has 0 unspecified atom stereocenters. The Morgan fingerprint density at radius 3 is 2.60 bits per heavy atom. The van der Waals surface area contributed by atoms with Gasteiger partial charge in [-0.2, -0.15) is 0 Å². The molecule has 0 amide bonds. The Morgan fingerprint density at radius 2 is 1.95 bits per heavy atom. The molecule has 1 fully saturated rings. The molecule has 9 heteroatoms. The molecule has 0 bridgehead atoms. The smallest absolute Gasteiger partial charge is 0.324 e. The van der Waals surface area contributed by atoms with E-state index in [-0.39, 0.29) is 9.92 Å². The van der Waals surface area contributed by atoms with Crippen LogP contribution in [0, 0.1) is 10.1 Å². The van der Waals surface area contributed by atoms with Gasteiger partial charge < -0.3 is 9.80 Å². The molecule has 1 aliphatic heterocycles. The molecule has 20 heavy (non-hydrogen) atoms. The number of nitrogens with zero attached hydrogens (tertiary/aromatic N) is 5. The summed E-state index contributed by atoms with van der Waals surface area (Å²) in [5, 5.41) is 20.8. The highest BCUT2D eigenvalue weighted by Crippen LogP contribution is 2.36. The number of aromatic nitrogens is 2. The Balaban J connectivity index is 1.77. The molecule has 7 nitrogen and oxygen atoms in total. The normalized spacial score (nSPS) is 16.6. The Kier molecular flexibility index (Phi) is 3.64. The van der Waals surface area contributed by atoms with Crippen molar-refractivity contribution in [3.63, 3.8) is 0 Å². The predicted octanol–water partition coefficient (Wildman–Crippen LogP) is 1.93. The first kappa shape index (κ1) is 13.4. The van der Waals surface area contributed by atoms with Crippen LogP contribution in [-0.2, 0) is 0 Å². The van der Waals surface area contributed by atoms with Crippen LogP contribution in [-0.4, -0.2) is 53.2 Å². The maximum absolute atomic E-state index is 10.7. The zero-order chi connectivity index (χ0) is 14.1. The van der Waals surface area contributed by atoms with Crippen molar-refractivity contribution in [2.75, 3.05) is 38.1 Å². The summed E-state index contributed by atoms with van der Waals surface area (Å²) in [5.41, 5.74) is 0. The minimum Gasteiger partial charge on any atom is -0.344 e. The molecule has 1 saturated heterocycles. The average Bonchev–Trinajstić information content (AvgIpc) is 3.08. The van der Waals surface area contributed by atoms with Gasteiger partial charge >= 0.3 is 5.00 Å². The van der Waals surface area contributed by atoms with E-state index in [0.717, 1.165) is 52.5 Å². The summed E-state index contributed by atoms with van der Waals surface area (Å²) >= 11 is 2.63. The van der Waals surface area contributed by atoms with Gasteiger partial charge in [0.25, 0.3) is 0 Å². The van der Waals surface area contributed by atoms with Gasteiger partial charge in [0.2, 0.25) is 5.13 Å². The summed E-state index contributed by atoms with van der Waals surface area (Å²) in [6, 6.07) is 3.24. The van der Waals surface area contributed by atoms with Crippen LogP contribution in [0.2, 0.25) is 0 Å². The van der Waals surface area contributed by atoms with E-state index in [1.54, 1.807) is 6.07 Å². The summed E-state index contributed by atoms with van der Waals surface area (Å²) < 4.78 is 0. The highest BCUT2D eigenvalue weighted by Gasteiger charge is 2.20. The van der Waals surface area contributed by atoms with Crippen molar-refractivity contribution in [1.29, 1.82) is 0 Å². The lowest BCUT2D eigenvalue weighted by atomic mass is 10.3. The summed E-state index contributed by atoms with van der Waals surface area (Å²) in [6.07, 6.45) is 0. The molecule has 0 atom stereocenters. The molecule has 0 N–H and O–H groups in total. The van der Waals surface area contributed by atoms with Crippen LogP contribution < -0.4 is 4.90 Å². The lowest BCUT2D eigenvalue weighted by Crippen LogP contribution is -2.44. The molecule has 106 valence electrons. The number of piperazine rings is 1. The van der Waals surface area contributed by atoms with Gasteiger partial charge in [-0.3, -0.25) is 10.1 Å². The van der Waals surface area contributed by atoms with Crippen LogP contribution in [0.3, 0.4) is 0 Å². The second kappa shape index (κ2) is 5.43. The topological polar surface area (TPSA) is 75.4 Å². The van der Waals surface area contributed by atoms with Crippen molar-refractivity contribution in [2.45, 2.75) is 0 Å². The zero-order valence-electron chi connectivity index (χ0n) is 10.9. The van der Waals surface area contributed by atoms with Crippen LogP contribution in [0.5, 0.6) is 0 Å². The number of rotatable bonds is 3. The van der Waals surface area contributed by atoms with Crippen molar-refractivity contribution in [1.82, 2.24) is 15.1 Å². The Bertz CT molecular complexity index is 618. The van der Waals surface area contributed by atoms with E-state index in [2.05, 4.69) is 27.0 Å². The number of thiophene rings is 1. The average molecular weight is 311 g/mol. The predicted molar refractivity (Wildman–Crippen MR) is 79.6 cm³/mol. The van der Waals surface area contributed by atoms with Crippen molar-refractivity contribution in [3.05, 3.63) is 22.2 Å². The molecule has 0 aliphatic carbocycles. The number of hydrogen-bond acceptors (Lipinski definition) is 8. The van der Waals surface area contributed by atoms with Crippen LogP contribution in [0.25, 0.3) is 9.88 Å². The van der Waals surface area contributed by atoms with E-state index in [0.29, 0.717) is 0 Å². The van der Waals surface area contributed by atoms with Gasteiger partial charge in [-0.25, -0.2) is 0 Å². The van der Waals surface area contributed by atoms with Gasteiger partial charge in [-0.1, -0.05) is 22.7 Å². The minimum absolute atomic E-state index is 0.136. The highest BCUT2D eigenvalue weighted by molar-refractivity contribution is 7.24. The monoisotopic (exact) mass is 311 g/mol. The van der Waals surface area contributed by atoms with Crippen molar-refractivity contribution in [2.24, 2.45) is 0 Å². The molecule has 0 saturated carbocycles. The van der Waals surface area contributed by atoms with E-state index in [1.807, 2.05) is 0 Å². The van der Waals surface area contributed by atoms with Gasteiger partial charge in [-0.05, 0) is 13.1 Å². The maximum atomic E-state index is 10.7. The fourth-order valence-electron chi connectivity index (χ4n) is 1.98. The van der Waals surface area contributed by atoms with Gasteiger partial charge in [-0.15, -0.1) is 10.2 Å². The summed E-state index contributed by atoms with van der Waals surface area (Å²) in [7, 11) is 2.10. The van der Waals surface area contributed by atoms with E-state index in [4.69, 9.17) is 0 Å². The molecular weight excluding hydrogens is 298 g/mol. The first-order chi connectivity index (χ1) is 9.63. The Hall–Kier alpha value is -1.58. The number of hydrogen-bond donors (Lipinski definition) is 0. The summed E-state index contributed by atoms with van der Waals surface area (Å²) in [5.74, 6) is 0. The third kappa shape index (κ3) is 2.65. The fraction of sp³-hybridized carbons (Fsp3) is 0.455. The maximum Gasteiger partial charge on any atom is 0.324 e. The molecule has 3 rings (SSSR count). The first-order valence-corrected chi connectivity index (χ1v) is 7.78. The molecule has 2 aromatic rings. The second-order valence-corrected chi connectivity index (χ2v) is 6.59. The van der Waals surface area contributed by atoms with Crippen LogP contribution >= 0.6 is 22.7 Å². The molecular formula is C11H13N5O2S2. The molecule has 0 spiro atoms. The molecule has 0 aromatic carbocycles. The Labute approximate surface area is 123 Å². The third-order valence-electron chi connectivity index (χ3n) is 3.17. The molecule has 0 radical (unpaired) electrons. The summed E-state index contributed by atoms with van der Waals surface area (Å²) in [4.78, 5) is 15.6. The van der Waals surface area contributed by atoms with Gasteiger partial charge in [0, 0.05) is 32.2 Å². The van der Waals surface area contributed by atoms with Gasteiger partial charge in [0.05, 0.1) is 9.80 Å². The van der Waals surface area contributed by atoms with E-state index >= 15 is 0 Å². The number of nitro groups is 1. The Morgan fingerprint density at radius 1 is 1.20 bits per heavy atom. The molecule has 3 heterocycles. The number of anilines is 1. The largest absolute Gasteiger partial charge is 0.344 e. The fourth-order valence-corrected chi connectivity index (χ4v) is 3.75. The SMILES string of the molecule is CN1CCN(c2nnc(-c3ccc([N+](=O)[O-])s3)s2)CC1. The lowest BCUT2D eigenvalue weighted by molar-refractivity contribution is -0.380. The third-order valence-corrected chi connectivity index (χ3v) is 5.36. The van der Waals surface area contributed by atoms with E-state index in [9.17, 15) is 10.1 Å². The summed E-state index contributed by atoms with van der Waals surface area (Å²) in [6.45, 7) is 3.91. The van der Waals surface area contributed by atoms with Crippen molar-refractivity contribution < 1.29 is 4.92 Å². The first-order valence-electron chi connectivity index (χ1n) is 6.15. The van der Waals surface area contributed by atoms with E-state index < -0.39 is 0 Å². The van der Waals surface area contributed by atoms with Crippen LogP contribution in [0.1, 0.15) is 0 Å². The van der Waals surface area contributed by atoms with Crippen molar-refractivity contribution >= 4 is 32.8 Å².